The Bertz CT molecular complexity index is 182. The molecule has 90 valence electrons. The van der Waals surface area contributed by atoms with E-state index in [1.165, 1.54) is 0 Å². The number of amides is 1. The molecule has 1 aliphatic rings. The van der Waals surface area contributed by atoms with E-state index in [1.807, 2.05) is 4.90 Å². The van der Waals surface area contributed by atoms with Crippen LogP contribution in [0.2, 0.25) is 0 Å². The van der Waals surface area contributed by atoms with Crippen LogP contribution in [-0.2, 0) is 9.53 Å². The van der Waals surface area contributed by atoms with Gasteiger partial charge in [-0.05, 0) is 25.8 Å². The molecule has 0 aromatic carbocycles. The van der Waals surface area contributed by atoms with E-state index in [9.17, 15) is 4.79 Å². The highest BCUT2D eigenvalue weighted by Gasteiger charge is 2.21. The van der Waals surface area contributed by atoms with E-state index in [0.717, 1.165) is 32.5 Å². The Balaban J connectivity index is 0.00000196. The molecule has 15 heavy (non-hydrogen) atoms. The van der Waals surface area contributed by atoms with Crippen molar-refractivity contribution in [3.63, 3.8) is 0 Å². The highest BCUT2D eigenvalue weighted by molar-refractivity contribution is 5.85. The van der Waals surface area contributed by atoms with Crippen LogP contribution in [0.1, 0.15) is 12.8 Å². The van der Waals surface area contributed by atoms with Gasteiger partial charge in [-0.1, -0.05) is 0 Å². The predicted octanol–water partition coefficient (Wildman–Crippen LogP) is 0.513. The average molecular weight is 237 g/mol. The molecule has 5 heteroatoms. The molecule has 4 nitrogen and oxygen atoms in total. The van der Waals surface area contributed by atoms with Crippen LogP contribution < -0.4 is 5.32 Å². The summed E-state index contributed by atoms with van der Waals surface area (Å²) in [6.45, 7) is 3.05. The van der Waals surface area contributed by atoms with Crippen LogP contribution in [0.4, 0.5) is 0 Å². The maximum Gasteiger partial charge on any atom is 0.236 e. The normalized spacial score (nSPS) is 17.3. The van der Waals surface area contributed by atoms with Crippen LogP contribution in [0.25, 0.3) is 0 Å². The minimum absolute atomic E-state index is 0. The molecule has 0 aliphatic carbocycles. The zero-order valence-corrected chi connectivity index (χ0v) is 10.3. The molecule has 1 amide bonds. The lowest BCUT2D eigenvalue weighted by molar-refractivity contribution is -0.131. The standard InChI is InChI=1S/C10H20N2O2.ClH/c1-11-7-10(13)12-5-3-9(4-6-12)8-14-2;/h9,11H,3-8H2,1-2H3;1H. The second-order valence-corrected chi connectivity index (χ2v) is 3.81. The SMILES string of the molecule is CNCC(=O)N1CCC(COC)CC1.Cl. The number of carbonyl (C=O) groups is 1. The lowest BCUT2D eigenvalue weighted by Crippen LogP contribution is -2.42. The van der Waals surface area contributed by atoms with Gasteiger partial charge in [-0.3, -0.25) is 4.79 Å². The summed E-state index contributed by atoms with van der Waals surface area (Å²) >= 11 is 0. The van der Waals surface area contributed by atoms with Gasteiger partial charge >= 0.3 is 0 Å². The van der Waals surface area contributed by atoms with Gasteiger partial charge in [0.15, 0.2) is 0 Å². The molecule has 0 bridgehead atoms. The molecule has 0 saturated carbocycles. The van der Waals surface area contributed by atoms with Crippen LogP contribution in [0, 0.1) is 5.92 Å². The minimum atomic E-state index is 0. The number of likely N-dealkylation sites (N-methyl/N-ethyl adjacent to an activating group) is 1. The van der Waals surface area contributed by atoms with Gasteiger partial charge in [0.05, 0.1) is 6.54 Å². The molecular weight excluding hydrogens is 216 g/mol. The molecule has 1 N–H and O–H groups in total. The first kappa shape index (κ1) is 14.7. The van der Waals surface area contributed by atoms with E-state index in [-0.39, 0.29) is 18.3 Å². The molecular formula is C10H21ClN2O2. The molecule has 0 unspecified atom stereocenters. The summed E-state index contributed by atoms with van der Waals surface area (Å²) < 4.78 is 5.11. The second kappa shape index (κ2) is 7.91. The summed E-state index contributed by atoms with van der Waals surface area (Å²) in [6.07, 6.45) is 2.15. The van der Waals surface area contributed by atoms with Crippen LogP contribution >= 0.6 is 12.4 Å². The first-order valence-corrected chi connectivity index (χ1v) is 5.19. The van der Waals surface area contributed by atoms with Gasteiger partial charge < -0.3 is 15.0 Å². The number of hydrogen-bond donors (Lipinski definition) is 1. The fourth-order valence-electron chi connectivity index (χ4n) is 1.85. The molecule has 0 radical (unpaired) electrons. The molecule has 1 fully saturated rings. The maximum absolute atomic E-state index is 11.5. The third-order valence-corrected chi connectivity index (χ3v) is 2.70. The number of ether oxygens (including phenoxy) is 1. The van der Waals surface area contributed by atoms with Crippen LogP contribution in [0.3, 0.4) is 0 Å². The van der Waals surface area contributed by atoms with E-state index in [0.29, 0.717) is 12.5 Å². The van der Waals surface area contributed by atoms with Crippen molar-refractivity contribution >= 4 is 18.3 Å². The Morgan fingerprint density at radius 3 is 2.53 bits per heavy atom. The van der Waals surface area contributed by atoms with E-state index < -0.39 is 0 Å². The van der Waals surface area contributed by atoms with Gasteiger partial charge in [0.2, 0.25) is 5.91 Å². The van der Waals surface area contributed by atoms with E-state index in [4.69, 9.17) is 4.74 Å². The summed E-state index contributed by atoms with van der Waals surface area (Å²) in [7, 11) is 3.54. The third-order valence-electron chi connectivity index (χ3n) is 2.70. The molecule has 1 rings (SSSR count). The minimum Gasteiger partial charge on any atom is -0.384 e. The van der Waals surface area contributed by atoms with Gasteiger partial charge in [-0.15, -0.1) is 12.4 Å². The van der Waals surface area contributed by atoms with Crippen molar-refractivity contribution < 1.29 is 9.53 Å². The van der Waals surface area contributed by atoms with Crippen molar-refractivity contribution in [2.45, 2.75) is 12.8 Å². The van der Waals surface area contributed by atoms with Crippen molar-refractivity contribution in [2.24, 2.45) is 5.92 Å². The number of halogens is 1. The first-order chi connectivity index (χ1) is 6.77. The zero-order valence-electron chi connectivity index (χ0n) is 9.49. The van der Waals surface area contributed by atoms with Crippen LogP contribution in [0.5, 0.6) is 0 Å². The second-order valence-electron chi connectivity index (χ2n) is 3.81. The Labute approximate surface area is 97.8 Å². The summed E-state index contributed by atoms with van der Waals surface area (Å²) in [4.78, 5) is 13.4. The Morgan fingerprint density at radius 2 is 2.07 bits per heavy atom. The van der Waals surface area contributed by atoms with Gasteiger partial charge in [-0.2, -0.15) is 0 Å². The van der Waals surface area contributed by atoms with Crippen LogP contribution in [-0.4, -0.2) is 51.2 Å². The number of nitrogens with one attached hydrogen (secondary N) is 1. The fourth-order valence-corrected chi connectivity index (χ4v) is 1.85. The lowest BCUT2D eigenvalue weighted by Gasteiger charge is -2.31. The highest BCUT2D eigenvalue weighted by Crippen LogP contribution is 2.16. The van der Waals surface area contributed by atoms with Crippen molar-refractivity contribution in [1.82, 2.24) is 10.2 Å². The highest BCUT2D eigenvalue weighted by atomic mass is 35.5. The van der Waals surface area contributed by atoms with Crippen molar-refractivity contribution in [1.29, 1.82) is 0 Å². The number of hydrogen-bond acceptors (Lipinski definition) is 3. The van der Waals surface area contributed by atoms with E-state index in [1.54, 1.807) is 14.2 Å². The van der Waals surface area contributed by atoms with Crippen molar-refractivity contribution in [2.75, 3.05) is 40.4 Å². The number of carbonyl (C=O) groups excluding carboxylic acids is 1. The van der Waals surface area contributed by atoms with Gasteiger partial charge in [0, 0.05) is 26.8 Å². The van der Waals surface area contributed by atoms with Crippen molar-refractivity contribution in [3.05, 3.63) is 0 Å². The summed E-state index contributed by atoms with van der Waals surface area (Å²) in [5.41, 5.74) is 0. The Kier molecular flexibility index (Phi) is 7.74. The predicted molar refractivity (Wildman–Crippen MR) is 62.4 cm³/mol. The van der Waals surface area contributed by atoms with E-state index >= 15 is 0 Å². The largest absolute Gasteiger partial charge is 0.384 e. The number of piperidine rings is 1. The summed E-state index contributed by atoms with van der Waals surface area (Å²) in [5.74, 6) is 0.849. The smallest absolute Gasteiger partial charge is 0.236 e. The van der Waals surface area contributed by atoms with Gasteiger partial charge in [-0.25, -0.2) is 0 Å². The Hall–Kier alpha value is -0.320. The lowest BCUT2D eigenvalue weighted by atomic mass is 9.98. The number of methoxy groups -OCH3 is 1. The first-order valence-electron chi connectivity index (χ1n) is 5.19. The fraction of sp³-hybridized carbons (Fsp3) is 0.900. The number of rotatable bonds is 4. The molecule has 0 aromatic rings. The molecule has 1 heterocycles. The quantitative estimate of drug-likeness (QED) is 0.774. The average Bonchev–Trinajstić information content (AvgIpc) is 2.20. The third kappa shape index (κ3) is 4.82. The molecule has 1 saturated heterocycles. The van der Waals surface area contributed by atoms with Crippen molar-refractivity contribution in [3.8, 4) is 0 Å². The molecule has 0 spiro atoms. The molecule has 0 atom stereocenters. The monoisotopic (exact) mass is 236 g/mol. The topological polar surface area (TPSA) is 41.6 Å². The number of likely N-dealkylation sites (tertiary alicyclic amines) is 1. The number of nitrogens with zero attached hydrogens (tertiary/aromatic N) is 1. The summed E-state index contributed by atoms with van der Waals surface area (Å²) in [6, 6.07) is 0. The van der Waals surface area contributed by atoms with Gasteiger partial charge in [0.25, 0.3) is 0 Å². The summed E-state index contributed by atoms with van der Waals surface area (Å²) in [5, 5.41) is 2.89. The Morgan fingerprint density at radius 1 is 1.47 bits per heavy atom. The molecule has 0 aromatic heterocycles. The zero-order chi connectivity index (χ0) is 10.4. The van der Waals surface area contributed by atoms with E-state index in [2.05, 4.69) is 5.32 Å². The van der Waals surface area contributed by atoms with Crippen LogP contribution in [0.15, 0.2) is 0 Å². The van der Waals surface area contributed by atoms with Gasteiger partial charge in [0.1, 0.15) is 0 Å². The maximum atomic E-state index is 11.5. The molecule has 1 aliphatic heterocycles.